The molecule has 3 nitrogen and oxygen atoms in total. The number of carbonyl (C=O) groups excluding carboxylic acids is 1. The first-order valence-corrected chi connectivity index (χ1v) is 5.86. The van der Waals surface area contributed by atoms with E-state index in [0.29, 0.717) is 10.6 Å². The molecule has 0 aliphatic carbocycles. The minimum absolute atomic E-state index is 0.172. The van der Waals surface area contributed by atoms with Crippen molar-refractivity contribution in [3.05, 3.63) is 10.6 Å². The van der Waals surface area contributed by atoms with Gasteiger partial charge in [0.2, 0.25) is 0 Å². The van der Waals surface area contributed by atoms with Crippen molar-refractivity contribution in [1.82, 2.24) is 4.98 Å². The number of Topliss-reactive ketones (excluding diaryl/α,β-unsaturated/α-hetero) is 1. The fourth-order valence-corrected chi connectivity index (χ4v) is 2.40. The number of carbonyl (C=O) groups is 1. The van der Waals surface area contributed by atoms with Crippen LogP contribution in [0.15, 0.2) is 0 Å². The predicted molar refractivity (Wildman–Crippen MR) is 60.8 cm³/mol. The number of anilines is 1. The number of rotatable bonds is 4. The number of thiazole rings is 1. The smallest absolute Gasteiger partial charge is 0.339 e. The van der Waals surface area contributed by atoms with Gasteiger partial charge in [-0.05, 0) is 13.8 Å². The number of alkyl halides is 3. The Kier molecular flexibility index (Phi) is 4.13. The molecule has 0 N–H and O–H groups in total. The van der Waals surface area contributed by atoms with Crippen LogP contribution >= 0.6 is 11.3 Å². The summed E-state index contributed by atoms with van der Waals surface area (Å²) in [6.45, 7) is 3.77. The van der Waals surface area contributed by atoms with E-state index in [0.717, 1.165) is 16.2 Å². The number of hydrogen-bond acceptors (Lipinski definition) is 4. The van der Waals surface area contributed by atoms with Crippen LogP contribution in [-0.4, -0.2) is 30.0 Å². The molecule has 0 aromatic carbocycles. The standard InChI is InChI=1S/C10H13F3N2OS/c1-4-15(5-10(11,12)13)9-14-6(2)8(17-9)7(3)16/h4-5H2,1-3H3. The van der Waals surface area contributed by atoms with E-state index < -0.39 is 12.7 Å². The normalized spacial score (nSPS) is 11.6. The molecule has 0 aliphatic rings. The first-order valence-electron chi connectivity index (χ1n) is 5.04. The van der Waals surface area contributed by atoms with Gasteiger partial charge < -0.3 is 4.90 Å². The SMILES string of the molecule is CCN(CC(F)(F)F)c1nc(C)c(C(C)=O)s1. The van der Waals surface area contributed by atoms with Crippen LogP contribution in [0.5, 0.6) is 0 Å². The maximum Gasteiger partial charge on any atom is 0.406 e. The summed E-state index contributed by atoms with van der Waals surface area (Å²) in [7, 11) is 0. The van der Waals surface area contributed by atoms with Crippen LogP contribution in [0.25, 0.3) is 0 Å². The molecule has 0 fully saturated rings. The van der Waals surface area contributed by atoms with Crippen LogP contribution in [0.1, 0.15) is 29.2 Å². The third kappa shape index (κ3) is 3.69. The van der Waals surface area contributed by atoms with Gasteiger partial charge in [-0.2, -0.15) is 13.2 Å². The number of hydrogen-bond donors (Lipinski definition) is 0. The van der Waals surface area contributed by atoms with Crippen LogP contribution < -0.4 is 4.90 Å². The molecule has 17 heavy (non-hydrogen) atoms. The molecule has 7 heteroatoms. The van der Waals surface area contributed by atoms with Crippen molar-refractivity contribution in [2.45, 2.75) is 26.9 Å². The minimum atomic E-state index is -4.27. The molecule has 0 spiro atoms. The van der Waals surface area contributed by atoms with E-state index in [2.05, 4.69) is 4.98 Å². The van der Waals surface area contributed by atoms with Crippen molar-refractivity contribution in [2.75, 3.05) is 18.0 Å². The molecule has 1 aromatic heterocycles. The molecule has 0 amide bonds. The Morgan fingerprint density at radius 1 is 1.47 bits per heavy atom. The summed E-state index contributed by atoms with van der Waals surface area (Å²) in [5.74, 6) is -0.172. The molecule has 0 aliphatic heterocycles. The molecule has 0 unspecified atom stereocenters. The Morgan fingerprint density at radius 3 is 2.41 bits per heavy atom. The lowest BCUT2D eigenvalue weighted by Gasteiger charge is -2.21. The number of halogens is 3. The zero-order valence-electron chi connectivity index (χ0n) is 9.76. The Balaban J connectivity index is 2.97. The van der Waals surface area contributed by atoms with E-state index >= 15 is 0 Å². The average molecular weight is 266 g/mol. The zero-order chi connectivity index (χ0) is 13.2. The first-order chi connectivity index (χ1) is 7.74. The molecule has 1 rings (SSSR count). The molecule has 0 atom stereocenters. The highest BCUT2D eigenvalue weighted by molar-refractivity contribution is 7.17. The lowest BCUT2D eigenvalue weighted by molar-refractivity contribution is -0.119. The van der Waals surface area contributed by atoms with Gasteiger partial charge in [0.15, 0.2) is 10.9 Å². The molecule has 1 heterocycles. The minimum Gasteiger partial charge on any atom is -0.339 e. The Bertz CT molecular complexity index is 414. The maximum absolute atomic E-state index is 12.3. The third-order valence-electron chi connectivity index (χ3n) is 2.13. The van der Waals surface area contributed by atoms with Gasteiger partial charge in [0.1, 0.15) is 6.54 Å². The molecule has 96 valence electrons. The fourth-order valence-electron chi connectivity index (χ4n) is 1.38. The maximum atomic E-state index is 12.3. The van der Waals surface area contributed by atoms with Gasteiger partial charge >= 0.3 is 6.18 Å². The van der Waals surface area contributed by atoms with Gasteiger partial charge in [-0.1, -0.05) is 11.3 Å². The van der Waals surface area contributed by atoms with Crippen molar-refractivity contribution < 1.29 is 18.0 Å². The van der Waals surface area contributed by atoms with Gasteiger partial charge in [0.05, 0.1) is 10.6 Å². The Hall–Kier alpha value is -1.11. The van der Waals surface area contributed by atoms with E-state index in [4.69, 9.17) is 0 Å². The molecule has 0 saturated carbocycles. The first kappa shape index (κ1) is 14.0. The van der Waals surface area contributed by atoms with Crippen molar-refractivity contribution in [2.24, 2.45) is 0 Å². The van der Waals surface area contributed by atoms with Crippen LogP contribution in [0.3, 0.4) is 0 Å². The van der Waals surface area contributed by atoms with E-state index in [1.54, 1.807) is 13.8 Å². The van der Waals surface area contributed by atoms with Crippen LogP contribution in [-0.2, 0) is 0 Å². The largest absolute Gasteiger partial charge is 0.406 e. The molecule has 0 radical (unpaired) electrons. The van der Waals surface area contributed by atoms with Gasteiger partial charge in [0.25, 0.3) is 0 Å². The molecular weight excluding hydrogens is 253 g/mol. The molecule has 0 bridgehead atoms. The lowest BCUT2D eigenvalue weighted by Crippen LogP contribution is -2.33. The Labute approximate surface area is 101 Å². The molecule has 1 aromatic rings. The highest BCUT2D eigenvalue weighted by Gasteiger charge is 2.31. The van der Waals surface area contributed by atoms with Crippen molar-refractivity contribution >= 4 is 22.3 Å². The van der Waals surface area contributed by atoms with Gasteiger partial charge in [-0.3, -0.25) is 4.79 Å². The summed E-state index contributed by atoms with van der Waals surface area (Å²) in [5.41, 5.74) is 0.484. The fraction of sp³-hybridized carbons (Fsp3) is 0.600. The topological polar surface area (TPSA) is 33.2 Å². The number of aryl methyl sites for hydroxylation is 1. The quantitative estimate of drug-likeness (QED) is 0.785. The molecular formula is C10H13F3N2OS. The van der Waals surface area contributed by atoms with Crippen molar-refractivity contribution in [3.8, 4) is 0 Å². The van der Waals surface area contributed by atoms with E-state index in [1.807, 2.05) is 0 Å². The number of aromatic nitrogens is 1. The van der Waals surface area contributed by atoms with Crippen LogP contribution in [0.2, 0.25) is 0 Å². The van der Waals surface area contributed by atoms with Crippen molar-refractivity contribution in [1.29, 1.82) is 0 Å². The van der Waals surface area contributed by atoms with Crippen molar-refractivity contribution in [3.63, 3.8) is 0 Å². The second-order valence-corrected chi connectivity index (χ2v) is 4.57. The van der Waals surface area contributed by atoms with Crippen LogP contribution in [0.4, 0.5) is 18.3 Å². The monoisotopic (exact) mass is 266 g/mol. The predicted octanol–water partition coefficient (Wildman–Crippen LogP) is 3.04. The van der Waals surface area contributed by atoms with E-state index in [9.17, 15) is 18.0 Å². The summed E-state index contributed by atoms with van der Waals surface area (Å²) in [6.07, 6.45) is -4.27. The lowest BCUT2D eigenvalue weighted by atomic mass is 10.3. The summed E-state index contributed by atoms with van der Waals surface area (Å²) in [6, 6.07) is 0. The average Bonchev–Trinajstić information content (AvgIpc) is 2.55. The van der Waals surface area contributed by atoms with Gasteiger partial charge in [0, 0.05) is 13.5 Å². The number of ketones is 1. The molecule has 0 saturated heterocycles. The summed E-state index contributed by atoms with van der Waals surface area (Å²) < 4.78 is 36.9. The highest BCUT2D eigenvalue weighted by atomic mass is 32.1. The second kappa shape index (κ2) is 5.03. The second-order valence-electron chi connectivity index (χ2n) is 3.60. The summed E-state index contributed by atoms with van der Waals surface area (Å²) in [4.78, 5) is 16.7. The van der Waals surface area contributed by atoms with Gasteiger partial charge in [-0.25, -0.2) is 4.98 Å². The Morgan fingerprint density at radius 2 is 2.06 bits per heavy atom. The highest BCUT2D eigenvalue weighted by Crippen LogP contribution is 2.28. The zero-order valence-corrected chi connectivity index (χ0v) is 10.6. The summed E-state index contributed by atoms with van der Waals surface area (Å²) >= 11 is 1.01. The number of nitrogens with zero attached hydrogens (tertiary/aromatic N) is 2. The van der Waals surface area contributed by atoms with E-state index in [-0.39, 0.29) is 17.5 Å². The summed E-state index contributed by atoms with van der Waals surface area (Å²) in [5, 5.41) is 0.243. The van der Waals surface area contributed by atoms with Crippen LogP contribution in [0, 0.1) is 6.92 Å². The van der Waals surface area contributed by atoms with E-state index in [1.165, 1.54) is 6.92 Å². The third-order valence-corrected chi connectivity index (χ3v) is 3.45. The van der Waals surface area contributed by atoms with Gasteiger partial charge in [-0.15, -0.1) is 0 Å².